The largest absolute Gasteiger partial charge is 0.348 e. The minimum Gasteiger partial charge on any atom is -0.348 e. The predicted octanol–water partition coefficient (Wildman–Crippen LogP) is 3.81. The van der Waals surface area contributed by atoms with Crippen molar-refractivity contribution in [1.82, 2.24) is 0 Å². The van der Waals surface area contributed by atoms with Crippen molar-refractivity contribution in [2.24, 2.45) is 0 Å². The smallest absolute Gasteiger partial charge is 0.0441 e. The van der Waals surface area contributed by atoms with E-state index in [-0.39, 0.29) is 0 Å². The first-order valence-electron chi connectivity index (χ1n) is 6.48. The van der Waals surface area contributed by atoms with Crippen LogP contribution in [0.1, 0.15) is 11.1 Å². The number of hydrogen-bond donors (Lipinski definition) is 0. The van der Waals surface area contributed by atoms with Gasteiger partial charge in [-0.05, 0) is 30.0 Å². The van der Waals surface area contributed by atoms with E-state index in [9.17, 15) is 0 Å². The average molecular weight is 235 g/mol. The molecular formula is C17H17N. The lowest BCUT2D eigenvalue weighted by molar-refractivity contribution is 0.888. The molecule has 3 rings (SSSR count). The second-order valence-electron chi connectivity index (χ2n) is 4.65. The molecule has 0 amide bonds. The first kappa shape index (κ1) is 11.1. The summed E-state index contributed by atoms with van der Waals surface area (Å²) >= 11 is 0. The van der Waals surface area contributed by atoms with Crippen LogP contribution in [0.5, 0.6) is 0 Å². The van der Waals surface area contributed by atoms with E-state index < -0.39 is 0 Å². The number of rotatable bonds is 3. The quantitative estimate of drug-likeness (QED) is 0.782. The molecule has 0 fully saturated rings. The maximum Gasteiger partial charge on any atom is 0.0441 e. The summed E-state index contributed by atoms with van der Waals surface area (Å²) in [6, 6.07) is 19.3. The topological polar surface area (TPSA) is 3.24 Å². The van der Waals surface area contributed by atoms with Gasteiger partial charge in [0.1, 0.15) is 0 Å². The van der Waals surface area contributed by atoms with Crippen LogP contribution in [-0.2, 0) is 12.8 Å². The van der Waals surface area contributed by atoms with Crippen LogP contribution in [0, 0.1) is 0 Å². The van der Waals surface area contributed by atoms with Crippen molar-refractivity contribution < 1.29 is 0 Å². The number of anilines is 1. The molecule has 0 unspecified atom stereocenters. The van der Waals surface area contributed by atoms with Crippen LogP contribution in [0.25, 0.3) is 0 Å². The van der Waals surface area contributed by atoms with Crippen molar-refractivity contribution in [2.75, 3.05) is 11.4 Å². The monoisotopic (exact) mass is 235 g/mol. The molecule has 0 atom stereocenters. The van der Waals surface area contributed by atoms with Crippen molar-refractivity contribution in [3.63, 3.8) is 0 Å². The van der Waals surface area contributed by atoms with Gasteiger partial charge in [0.05, 0.1) is 0 Å². The van der Waals surface area contributed by atoms with Gasteiger partial charge in [0, 0.05) is 18.4 Å². The highest BCUT2D eigenvalue weighted by Gasteiger charge is 2.11. The Balaban J connectivity index is 1.74. The zero-order valence-electron chi connectivity index (χ0n) is 10.4. The van der Waals surface area contributed by atoms with Crippen LogP contribution in [-0.4, -0.2) is 6.54 Å². The van der Waals surface area contributed by atoms with Gasteiger partial charge in [-0.1, -0.05) is 54.6 Å². The minimum absolute atomic E-state index is 1.04. The number of hydrogen-bond acceptors (Lipinski definition) is 1. The molecule has 0 aromatic heterocycles. The summed E-state index contributed by atoms with van der Waals surface area (Å²) in [6.07, 6.45) is 6.59. The summed E-state index contributed by atoms with van der Waals surface area (Å²) in [7, 11) is 0. The summed E-state index contributed by atoms with van der Waals surface area (Å²) < 4.78 is 0. The molecule has 0 spiro atoms. The van der Waals surface area contributed by atoms with E-state index in [1.807, 2.05) is 0 Å². The highest BCUT2D eigenvalue weighted by Crippen LogP contribution is 2.25. The van der Waals surface area contributed by atoms with Gasteiger partial charge < -0.3 is 4.90 Å². The van der Waals surface area contributed by atoms with E-state index >= 15 is 0 Å². The lowest BCUT2D eigenvalue weighted by Gasteiger charge is -2.26. The number of fused-ring (bicyclic) bond motifs is 1. The Morgan fingerprint density at radius 3 is 2.56 bits per heavy atom. The second-order valence-corrected chi connectivity index (χ2v) is 4.65. The highest BCUT2D eigenvalue weighted by molar-refractivity contribution is 5.58. The van der Waals surface area contributed by atoms with Crippen molar-refractivity contribution in [3.8, 4) is 0 Å². The molecule has 2 aromatic carbocycles. The van der Waals surface area contributed by atoms with Gasteiger partial charge >= 0.3 is 0 Å². The van der Waals surface area contributed by atoms with Gasteiger partial charge in [0.2, 0.25) is 0 Å². The molecule has 0 saturated heterocycles. The van der Waals surface area contributed by atoms with Crippen molar-refractivity contribution in [3.05, 3.63) is 78.0 Å². The molecular weight excluding hydrogens is 218 g/mol. The zero-order chi connectivity index (χ0) is 12.2. The summed E-state index contributed by atoms with van der Waals surface area (Å²) in [5, 5.41) is 0. The Morgan fingerprint density at radius 2 is 1.67 bits per heavy atom. The van der Waals surface area contributed by atoms with E-state index in [1.165, 1.54) is 16.8 Å². The predicted molar refractivity (Wildman–Crippen MR) is 76.8 cm³/mol. The average Bonchev–Trinajstić information content (AvgIpc) is 2.46. The fourth-order valence-electron chi connectivity index (χ4n) is 2.44. The lowest BCUT2D eigenvalue weighted by Crippen LogP contribution is -2.22. The lowest BCUT2D eigenvalue weighted by atomic mass is 10.0. The standard InChI is InChI=1S/C17H17N/c1-2-7-15(8-3-1)12-14-18-13-6-10-16-9-4-5-11-17(16)18/h1-9,11,13H,10,12,14H2. The van der Waals surface area contributed by atoms with E-state index in [0.717, 1.165) is 19.4 Å². The molecule has 1 heteroatoms. The van der Waals surface area contributed by atoms with Crippen LogP contribution < -0.4 is 4.90 Å². The SMILES string of the molecule is C1=CN(CCc2ccccc2)c2ccccc2C1. The first-order valence-corrected chi connectivity index (χ1v) is 6.48. The molecule has 0 N–H and O–H groups in total. The Kier molecular flexibility index (Phi) is 3.14. The maximum atomic E-state index is 2.35. The van der Waals surface area contributed by atoms with Crippen LogP contribution in [0.4, 0.5) is 5.69 Å². The van der Waals surface area contributed by atoms with Crippen LogP contribution in [0.15, 0.2) is 66.9 Å². The molecule has 0 bridgehead atoms. The molecule has 1 aliphatic rings. The fourth-order valence-corrected chi connectivity index (χ4v) is 2.44. The summed E-state index contributed by atoms with van der Waals surface area (Å²) in [5.41, 5.74) is 4.18. The third kappa shape index (κ3) is 2.30. The molecule has 90 valence electrons. The molecule has 18 heavy (non-hydrogen) atoms. The molecule has 1 heterocycles. The number of nitrogens with zero attached hydrogens (tertiary/aromatic N) is 1. The molecule has 2 aromatic rings. The number of benzene rings is 2. The summed E-state index contributed by atoms with van der Waals surface area (Å²) in [4.78, 5) is 2.35. The van der Waals surface area contributed by atoms with Gasteiger partial charge in [-0.15, -0.1) is 0 Å². The molecule has 0 radical (unpaired) electrons. The van der Waals surface area contributed by atoms with Crippen LogP contribution in [0.2, 0.25) is 0 Å². The van der Waals surface area contributed by atoms with Crippen molar-refractivity contribution in [1.29, 1.82) is 0 Å². The Morgan fingerprint density at radius 1 is 0.889 bits per heavy atom. The normalized spacial score (nSPS) is 13.4. The van der Waals surface area contributed by atoms with Gasteiger partial charge in [0.15, 0.2) is 0 Å². The Hall–Kier alpha value is -2.02. The third-order valence-corrected chi connectivity index (χ3v) is 3.41. The van der Waals surface area contributed by atoms with Gasteiger partial charge in [0.25, 0.3) is 0 Å². The van der Waals surface area contributed by atoms with Crippen molar-refractivity contribution >= 4 is 5.69 Å². The molecule has 1 aliphatic heterocycles. The van der Waals surface area contributed by atoms with Gasteiger partial charge in [-0.2, -0.15) is 0 Å². The first-order chi connectivity index (χ1) is 8.93. The Bertz CT molecular complexity index is 543. The van der Waals surface area contributed by atoms with E-state index in [2.05, 4.69) is 71.8 Å². The van der Waals surface area contributed by atoms with E-state index in [0.29, 0.717) is 0 Å². The molecule has 0 saturated carbocycles. The summed E-state index contributed by atoms with van der Waals surface area (Å²) in [6.45, 7) is 1.04. The zero-order valence-corrected chi connectivity index (χ0v) is 10.4. The van der Waals surface area contributed by atoms with Crippen LogP contribution >= 0.6 is 0 Å². The van der Waals surface area contributed by atoms with Gasteiger partial charge in [-0.25, -0.2) is 0 Å². The summed E-state index contributed by atoms with van der Waals surface area (Å²) in [5.74, 6) is 0. The van der Waals surface area contributed by atoms with E-state index in [4.69, 9.17) is 0 Å². The number of para-hydroxylation sites is 1. The van der Waals surface area contributed by atoms with Gasteiger partial charge in [-0.3, -0.25) is 0 Å². The van der Waals surface area contributed by atoms with Crippen LogP contribution in [0.3, 0.4) is 0 Å². The Labute approximate surface area is 108 Å². The molecule has 1 nitrogen and oxygen atoms in total. The second kappa shape index (κ2) is 5.09. The minimum atomic E-state index is 1.04. The van der Waals surface area contributed by atoms with Crippen molar-refractivity contribution in [2.45, 2.75) is 12.8 Å². The third-order valence-electron chi connectivity index (χ3n) is 3.41. The fraction of sp³-hybridized carbons (Fsp3) is 0.176. The highest BCUT2D eigenvalue weighted by atomic mass is 15.1. The number of allylic oxidation sites excluding steroid dienone is 1. The maximum absolute atomic E-state index is 2.35. The van der Waals surface area contributed by atoms with E-state index in [1.54, 1.807) is 0 Å². The molecule has 0 aliphatic carbocycles.